The fraction of sp³-hybridized carbons (Fsp3) is 0.417. The van der Waals surface area contributed by atoms with Crippen LogP contribution >= 0.6 is 11.3 Å². The average Bonchev–Trinajstić information content (AvgIpc) is 3.49. The molecule has 1 saturated heterocycles. The van der Waals surface area contributed by atoms with Crippen molar-refractivity contribution in [2.24, 2.45) is 5.10 Å². The number of hydrazone groups is 1. The number of hydrogen-bond acceptors (Lipinski definition) is 8. The summed E-state index contributed by atoms with van der Waals surface area (Å²) in [5.41, 5.74) is 5.15. The van der Waals surface area contributed by atoms with Gasteiger partial charge in [-0.2, -0.15) is 10.1 Å². The Morgan fingerprint density at radius 3 is 2.82 bits per heavy atom. The molecule has 172 valence electrons. The SMILES string of the molecule is Cc1cccc(/C=N/Nc2nc(N3CCOCC3)c3cc(C(=O)NC4CCCC4)sc3n2)c1. The quantitative estimate of drug-likeness (QED) is 0.424. The van der Waals surface area contributed by atoms with E-state index in [9.17, 15) is 4.79 Å². The summed E-state index contributed by atoms with van der Waals surface area (Å²) in [7, 11) is 0. The molecular weight excluding hydrogens is 436 g/mol. The molecule has 0 spiro atoms. The molecule has 1 aliphatic heterocycles. The highest BCUT2D eigenvalue weighted by atomic mass is 32.1. The molecule has 1 amide bonds. The number of anilines is 2. The van der Waals surface area contributed by atoms with Crippen LogP contribution in [-0.4, -0.2) is 54.4 Å². The Kier molecular flexibility index (Phi) is 6.50. The molecule has 3 heterocycles. The lowest BCUT2D eigenvalue weighted by Crippen LogP contribution is -2.37. The number of nitrogens with zero attached hydrogens (tertiary/aromatic N) is 4. The maximum absolute atomic E-state index is 12.9. The lowest BCUT2D eigenvalue weighted by atomic mass is 10.2. The van der Waals surface area contributed by atoms with Crippen molar-refractivity contribution < 1.29 is 9.53 Å². The maximum Gasteiger partial charge on any atom is 0.261 e. The highest BCUT2D eigenvalue weighted by molar-refractivity contribution is 7.20. The summed E-state index contributed by atoms with van der Waals surface area (Å²) in [6.07, 6.45) is 6.24. The van der Waals surface area contributed by atoms with Gasteiger partial charge in [-0.05, 0) is 31.4 Å². The number of nitrogens with one attached hydrogen (secondary N) is 2. The molecule has 1 aromatic carbocycles. The van der Waals surface area contributed by atoms with E-state index in [-0.39, 0.29) is 11.9 Å². The van der Waals surface area contributed by atoms with Crippen LogP contribution in [0.5, 0.6) is 0 Å². The van der Waals surface area contributed by atoms with Crippen molar-refractivity contribution in [1.82, 2.24) is 15.3 Å². The monoisotopic (exact) mass is 464 g/mol. The molecule has 1 aliphatic carbocycles. The highest BCUT2D eigenvalue weighted by Gasteiger charge is 2.23. The molecule has 2 aliphatic rings. The van der Waals surface area contributed by atoms with Crippen molar-refractivity contribution in [3.05, 3.63) is 46.3 Å². The number of thiophene rings is 1. The third-order valence-electron chi connectivity index (χ3n) is 6.02. The molecular formula is C24H28N6O2S. The number of hydrogen-bond donors (Lipinski definition) is 2. The van der Waals surface area contributed by atoms with Crippen LogP contribution in [0.3, 0.4) is 0 Å². The molecule has 5 rings (SSSR count). The fourth-order valence-corrected chi connectivity index (χ4v) is 5.26. The first-order valence-corrected chi connectivity index (χ1v) is 12.3. The average molecular weight is 465 g/mol. The summed E-state index contributed by atoms with van der Waals surface area (Å²) in [6.45, 7) is 4.85. The molecule has 3 aromatic rings. The van der Waals surface area contributed by atoms with E-state index in [1.54, 1.807) is 6.21 Å². The molecule has 0 bridgehead atoms. The molecule has 2 N–H and O–H groups in total. The Morgan fingerprint density at radius 1 is 1.21 bits per heavy atom. The van der Waals surface area contributed by atoms with Gasteiger partial charge in [-0.15, -0.1) is 11.3 Å². The van der Waals surface area contributed by atoms with Crippen molar-refractivity contribution in [2.45, 2.75) is 38.6 Å². The van der Waals surface area contributed by atoms with Gasteiger partial charge in [0.2, 0.25) is 5.95 Å². The Hall–Kier alpha value is -3.04. The van der Waals surface area contributed by atoms with Crippen LogP contribution in [-0.2, 0) is 4.74 Å². The zero-order chi connectivity index (χ0) is 22.6. The second-order valence-electron chi connectivity index (χ2n) is 8.54. The number of morpholine rings is 1. The first-order chi connectivity index (χ1) is 16.2. The largest absolute Gasteiger partial charge is 0.378 e. The van der Waals surface area contributed by atoms with Crippen LogP contribution in [0.4, 0.5) is 11.8 Å². The molecule has 2 fully saturated rings. The van der Waals surface area contributed by atoms with E-state index in [2.05, 4.69) is 31.8 Å². The molecule has 9 heteroatoms. The minimum absolute atomic E-state index is 0.0233. The van der Waals surface area contributed by atoms with Crippen molar-refractivity contribution in [3.8, 4) is 0 Å². The van der Waals surface area contributed by atoms with Crippen molar-refractivity contribution in [1.29, 1.82) is 0 Å². The van der Waals surface area contributed by atoms with E-state index in [1.807, 2.05) is 31.2 Å². The fourth-order valence-electron chi connectivity index (χ4n) is 4.33. The summed E-state index contributed by atoms with van der Waals surface area (Å²) in [6, 6.07) is 10.3. The van der Waals surface area contributed by atoms with Crippen LogP contribution in [0.1, 0.15) is 46.5 Å². The number of ether oxygens (including phenoxy) is 1. The number of carbonyl (C=O) groups is 1. The number of fused-ring (bicyclic) bond motifs is 1. The van der Waals surface area contributed by atoms with E-state index in [1.165, 1.54) is 29.7 Å². The second kappa shape index (κ2) is 9.84. The molecule has 0 unspecified atom stereocenters. The summed E-state index contributed by atoms with van der Waals surface area (Å²) >= 11 is 1.40. The van der Waals surface area contributed by atoms with Crippen LogP contribution in [0.25, 0.3) is 10.2 Å². The lowest BCUT2D eigenvalue weighted by molar-refractivity contribution is 0.0942. The molecule has 8 nitrogen and oxygen atoms in total. The number of carbonyl (C=O) groups excluding carboxylic acids is 1. The molecule has 0 atom stereocenters. The van der Waals surface area contributed by atoms with Gasteiger partial charge in [-0.25, -0.2) is 10.4 Å². The van der Waals surface area contributed by atoms with Crippen molar-refractivity contribution in [3.63, 3.8) is 0 Å². The Balaban J connectivity index is 1.43. The number of benzene rings is 1. The highest BCUT2D eigenvalue weighted by Crippen LogP contribution is 2.33. The predicted molar refractivity (Wildman–Crippen MR) is 133 cm³/mol. The zero-order valence-electron chi connectivity index (χ0n) is 18.7. The number of amides is 1. The van der Waals surface area contributed by atoms with Gasteiger partial charge in [0.1, 0.15) is 10.6 Å². The van der Waals surface area contributed by atoms with Gasteiger partial charge in [0.25, 0.3) is 5.91 Å². The van der Waals surface area contributed by atoms with E-state index in [0.717, 1.165) is 47.5 Å². The Bertz CT molecular complexity index is 1160. The van der Waals surface area contributed by atoms with Crippen LogP contribution in [0, 0.1) is 6.92 Å². The Morgan fingerprint density at radius 2 is 2.03 bits per heavy atom. The normalized spacial score (nSPS) is 17.2. The topological polar surface area (TPSA) is 91.7 Å². The smallest absolute Gasteiger partial charge is 0.261 e. The van der Waals surface area contributed by atoms with Crippen LogP contribution in [0.15, 0.2) is 35.4 Å². The van der Waals surface area contributed by atoms with Gasteiger partial charge >= 0.3 is 0 Å². The lowest BCUT2D eigenvalue weighted by Gasteiger charge is -2.28. The van der Waals surface area contributed by atoms with E-state index < -0.39 is 0 Å². The molecule has 0 radical (unpaired) electrons. The van der Waals surface area contributed by atoms with E-state index >= 15 is 0 Å². The minimum Gasteiger partial charge on any atom is -0.378 e. The molecule has 1 saturated carbocycles. The van der Waals surface area contributed by atoms with Crippen LogP contribution < -0.4 is 15.6 Å². The summed E-state index contributed by atoms with van der Waals surface area (Å²) in [5.74, 6) is 1.20. The van der Waals surface area contributed by atoms with Gasteiger partial charge in [-0.1, -0.05) is 42.7 Å². The van der Waals surface area contributed by atoms with E-state index in [0.29, 0.717) is 24.0 Å². The Labute approximate surface area is 197 Å². The van der Waals surface area contributed by atoms with Crippen molar-refractivity contribution in [2.75, 3.05) is 36.6 Å². The standard InChI is InChI=1S/C24H28N6O2S/c1-16-5-4-6-17(13-16)15-25-29-24-27-21(30-9-11-32-12-10-30)19-14-20(33-23(19)28-24)22(31)26-18-7-2-3-8-18/h4-6,13-15,18H,2-3,7-12H2,1H3,(H,26,31)(H,27,28,29)/b25-15+. The number of aromatic nitrogens is 2. The number of aryl methyl sites for hydroxylation is 1. The summed E-state index contributed by atoms with van der Waals surface area (Å²) < 4.78 is 5.52. The number of rotatable bonds is 6. The first kappa shape index (κ1) is 21.8. The summed E-state index contributed by atoms with van der Waals surface area (Å²) in [5, 5.41) is 8.41. The zero-order valence-corrected chi connectivity index (χ0v) is 19.5. The third kappa shape index (κ3) is 5.15. The maximum atomic E-state index is 12.9. The predicted octanol–water partition coefficient (Wildman–Crippen LogP) is 3.95. The molecule has 33 heavy (non-hydrogen) atoms. The van der Waals surface area contributed by atoms with Gasteiger partial charge < -0.3 is 15.0 Å². The summed E-state index contributed by atoms with van der Waals surface area (Å²) in [4.78, 5) is 25.9. The second-order valence-corrected chi connectivity index (χ2v) is 9.57. The van der Waals surface area contributed by atoms with E-state index in [4.69, 9.17) is 9.72 Å². The van der Waals surface area contributed by atoms with Gasteiger partial charge in [0.15, 0.2) is 0 Å². The first-order valence-electron chi connectivity index (χ1n) is 11.5. The van der Waals surface area contributed by atoms with Gasteiger partial charge in [0.05, 0.1) is 29.7 Å². The molecule has 2 aromatic heterocycles. The minimum atomic E-state index is -0.0233. The van der Waals surface area contributed by atoms with Crippen molar-refractivity contribution >= 4 is 45.4 Å². The van der Waals surface area contributed by atoms with Crippen LogP contribution in [0.2, 0.25) is 0 Å². The third-order valence-corrected chi connectivity index (χ3v) is 7.05. The van der Waals surface area contributed by atoms with Gasteiger partial charge in [-0.3, -0.25) is 4.79 Å². The van der Waals surface area contributed by atoms with Gasteiger partial charge in [0, 0.05) is 19.1 Å².